The molecule has 0 bridgehead atoms. The van der Waals surface area contributed by atoms with Crippen LogP contribution in [0.2, 0.25) is 0 Å². The van der Waals surface area contributed by atoms with Gasteiger partial charge in [0.15, 0.2) is 0 Å². The lowest BCUT2D eigenvalue weighted by molar-refractivity contribution is 0.304. The normalized spacial score (nSPS) is 14.7. The Bertz CT molecular complexity index is 1860. The van der Waals surface area contributed by atoms with E-state index in [1.54, 1.807) is 6.07 Å². The summed E-state index contributed by atoms with van der Waals surface area (Å²) in [5, 5.41) is 8.48. The fourth-order valence-electron chi connectivity index (χ4n) is 6.58. The topological polar surface area (TPSA) is 44.2 Å². The third-order valence-corrected chi connectivity index (χ3v) is 13.2. The third-order valence-electron chi connectivity index (χ3n) is 9.35. The average molecular weight is 725 g/mol. The summed E-state index contributed by atoms with van der Waals surface area (Å²) in [7, 11) is -1.83. The summed E-state index contributed by atoms with van der Waals surface area (Å²) in [5.74, 6) is 1.41. The molecule has 7 heteroatoms. The van der Waals surface area contributed by atoms with Crippen LogP contribution >= 0.6 is 21.8 Å². The minimum absolute atomic E-state index is 0.217. The first-order chi connectivity index (χ1) is 25.2. The van der Waals surface area contributed by atoms with Crippen LogP contribution in [0.25, 0.3) is 33.5 Å². The van der Waals surface area contributed by atoms with Crippen LogP contribution in [0.15, 0.2) is 110 Å². The highest BCUT2D eigenvalue weighted by molar-refractivity contribution is 8.23. The molecule has 6 rings (SSSR count). The Morgan fingerprint density at radius 1 is 0.549 bits per heavy atom. The molecule has 1 aromatic heterocycles. The molecule has 0 spiro atoms. The van der Waals surface area contributed by atoms with Crippen LogP contribution in [0.4, 0.5) is 4.39 Å². The van der Waals surface area contributed by atoms with E-state index in [4.69, 9.17) is 19.4 Å². The second-order valence-corrected chi connectivity index (χ2v) is 17.1. The Kier molecular flexibility index (Phi) is 13.9. The summed E-state index contributed by atoms with van der Waals surface area (Å²) in [5.41, 5.74) is 4.68. The molecule has 0 saturated carbocycles. The molecule has 270 valence electrons. The zero-order chi connectivity index (χ0) is 35.3. The first kappa shape index (κ1) is 37.0. The van der Waals surface area contributed by atoms with E-state index >= 15 is 4.39 Å². The van der Waals surface area contributed by atoms with Gasteiger partial charge in [-0.3, -0.25) is 0 Å². The smallest absolute Gasteiger partial charge is 0.139 e. The number of fused-ring (bicyclic) bond motifs is 1. The van der Waals surface area contributed by atoms with Crippen LogP contribution in [-0.4, -0.2) is 23.2 Å². The Morgan fingerprint density at radius 3 is 1.55 bits per heavy atom. The van der Waals surface area contributed by atoms with Crippen molar-refractivity contribution in [1.82, 2.24) is 9.97 Å². The minimum atomic E-state index is -0.984. The van der Waals surface area contributed by atoms with Gasteiger partial charge in [0, 0.05) is 16.0 Å². The number of hydrogen-bond donors (Lipinski definition) is 2. The van der Waals surface area contributed by atoms with E-state index in [2.05, 4.69) is 59.7 Å². The van der Waals surface area contributed by atoms with Gasteiger partial charge in [-0.05, 0) is 64.8 Å². The average Bonchev–Trinajstić information content (AvgIpc) is 3.90. The predicted molar refractivity (Wildman–Crippen MR) is 219 cm³/mol. The SMILES string of the molecule is CCCCCCCCOc1cccc(-c2nc3c([SH]4C=CC=C4)cc(F)c([SH]4C=CC=C4)c3nc2-c2cccc(OCCCCCCCC)c2)c1. The largest absolute Gasteiger partial charge is 0.494 e. The number of ether oxygens (including phenoxy) is 2. The molecule has 0 amide bonds. The molecule has 3 heterocycles. The fourth-order valence-corrected chi connectivity index (χ4v) is 9.92. The van der Waals surface area contributed by atoms with E-state index in [0.29, 0.717) is 29.3 Å². The minimum Gasteiger partial charge on any atom is -0.494 e. The van der Waals surface area contributed by atoms with Crippen molar-refractivity contribution < 1.29 is 13.9 Å². The quantitative estimate of drug-likeness (QED) is 0.0704. The van der Waals surface area contributed by atoms with Crippen molar-refractivity contribution in [3.63, 3.8) is 0 Å². The molecule has 0 atom stereocenters. The highest BCUT2D eigenvalue weighted by Crippen LogP contribution is 2.52. The van der Waals surface area contributed by atoms with Gasteiger partial charge in [-0.2, -0.15) is 21.8 Å². The van der Waals surface area contributed by atoms with Crippen molar-refractivity contribution in [2.45, 2.75) is 101 Å². The number of nitrogens with zero attached hydrogens (tertiary/aromatic N) is 2. The van der Waals surface area contributed by atoms with Crippen molar-refractivity contribution in [2.75, 3.05) is 13.2 Å². The van der Waals surface area contributed by atoms with E-state index in [1.807, 2.05) is 48.6 Å². The van der Waals surface area contributed by atoms with Crippen molar-refractivity contribution in [1.29, 1.82) is 0 Å². The maximum atomic E-state index is 16.3. The van der Waals surface area contributed by atoms with Gasteiger partial charge in [0.2, 0.25) is 0 Å². The number of unbranched alkanes of at least 4 members (excludes halogenated alkanes) is 10. The van der Waals surface area contributed by atoms with E-state index in [0.717, 1.165) is 51.6 Å². The van der Waals surface area contributed by atoms with Crippen molar-refractivity contribution in [3.8, 4) is 34.0 Å². The molecule has 2 aliphatic heterocycles. The standard InChI is InChI=1S/C44H53FN2O2S2/c1-3-5-7-9-11-13-25-48-36-23-19-21-34(31-36)40-41(35-22-20-24-37(32-35)49-26-14-12-10-8-6-4-2)47-43-42(46-40)39(50-27-15-16-28-50)33-38(45)44(43)51-29-17-18-30-51/h15-24,27-33,50-51H,3-14,25-26H2,1-2H3. The van der Waals surface area contributed by atoms with Crippen molar-refractivity contribution in [2.24, 2.45) is 0 Å². The summed E-state index contributed by atoms with van der Waals surface area (Å²) in [6.45, 7) is 5.85. The molecule has 4 nitrogen and oxygen atoms in total. The lowest BCUT2D eigenvalue weighted by Gasteiger charge is -2.21. The second-order valence-electron chi connectivity index (χ2n) is 13.3. The van der Waals surface area contributed by atoms with E-state index in [1.165, 1.54) is 64.2 Å². The summed E-state index contributed by atoms with van der Waals surface area (Å²) in [6, 6.07) is 18.0. The second kappa shape index (κ2) is 19.1. The zero-order valence-electron chi connectivity index (χ0n) is 30.2. The third kappa shape index (κ3) is 9.75. The molecule has 0 radical (unpaired) electrons. The molecule has 4 aromatic rings. The predicted octanol–water partition coefficient (Wildman–Crippen LogP) is 13.4. The maximum Gasteiger partial charge on any atom is 0.139 e. The fraction of sp³-hybridized carbons (Fsp3) is 0.364. The number of allylic oxidation sites excluding steroid dienone is 4. The molecule has 51 heavy (non-hydrogen) atoms. The van der Waals surface area contributed by atoms with E-state index in [9.17, 15) is 0 Å². The molecule has 3 aromatic carbocycles. The van der Waals surface area contributed by atoms with Crippen LogP contribution < -0.4 is 9.47 Å². The summed E-state index contributed by atoms with van der Waals surface area (Å²) in [6.07, 6.45) is 22.7. The maximum absolute atomic E-state index is 16.3. The number of benzene rings is 3. The van der Waals surface area contributed by atoms with Crippen molar-refractivity contribution >= 4 is 32.8 Å². The molecule has 0 saturated heterocycles. The Labute approximate surface area is 309 Å². The number of hydrogen-bond acceptors (Lipinski definition) is 4. The lowest BCUT2D eigenvalue weighted by Crippen LogP contribution is -2.02. The zero-order valence-corrected chi connectivity index (χ0v) is 32.0. The molecular formula is C44H53FN2O2S2. The van der Waals surface area contributed by atoms with Crippen LogP contribution in [0.3, 0.4) is 0 Å². The van der Waals surface area contributed by atoms with Gasteiger partial charge in [-0.15, -0.1) is 0 Å². The van der Waals surface area contributed by atoms with Gasteiger partial charge in [0.1, 0.15) is 28.3 Å². The lowest BCUT2D eigenvalue weighted by atomic mass is 10.0. The first-order valence-corrected chi connectivity index (χ1v) is 21.9. The summed E-state index contributed by atoms with van der Waals surface area (Å²) < 4.78 is 28.8. The van der Waals surface area contributed by atoms with Crippen LogP contribution in [0.1, 0.15) is 90.9 Å². The van der Waals surface area contributed by atoms with E-state index in [-0.39, 0.29) is 5.82 Å². The van der Waals surface area contributed by atoms with Gasteiger partial charge >= 0.3 is 0 Å². The van der Waals surface area contributed by atoms with Gasteiger partial charge in [0.25, 0.3) is 0 Å². The molecule has 0 N–H and O–H groups in total. The number of aromatic nitrogens is 2. The Morgan fingerprint density at radius 2 is 1.02 bits per heavy atom. The van der Waals surface area contributed by atoms with Gasteiger partial charge in [0.05, 0.1) is 29.5 Å². The Hall–Kier alpha value is -3.81. The number of thiol groups is 2. The Balaban J connectivity index is 1.39. The molecule has 0 unspecified atom stereocenters. The highest BCUT2D eigenvalue weighted by atomic mass is 32.2. The van der Waals surface area contributed by atoms with E-state index < -0.39 is 21.8 Å². The summed E-state index contributed by atoms with van der Waals surface area (Å²) in [4.78, 5) is 12.4. The monoisotopic (exact) mass is 724 g/mol. The van der Waals surface area contributed by atoms with Gasteiger partial charge < -0.3 is 9.47 Å². The highest BCUT2D eigenvalue weighted by Gasteiger charge is 2.24. The van der Waals surface area contributed by atoms with Gasteiger partial charge in [-0.1, -0.05) is 127 Å². The molecule has 2 aliphatic rings. The molecule has 0 aliphatic carbocycles. The first-order valence-electron chi connectivity index (χ1n) is 18.9. The number of halogens is 1. The van der Waals surface area contributed by atoms with Crippen LogP contribution in [0.5, 0.6) is 11.5 Å². The summed E-state index contributed by atoms with van der Waals surface area (Å²) >= 11 is 0. The number of rotatable bonds is 20. The van der Waals surface area contributed by atoms with Gasteiger partial charge in [-0.25, -0.2) is 14.4 Å². The van der Waals surface area contributed by atoms with Crippen LogP contribution in [0, 0.1) is 5.82 Å². The molecular weight excluding hydrogens is 672 g/mol. The molecule has 0 fully saturated rings. The van der Waals surface area contributed by atoms with Crippen molar-refractivity contribution in [3.05, 3.63) is 106 Å². The van der Waals surface area contributed by atoms with Crippen LogP contribution in [-0.2, 0) is 0 Å².